The molecule has 0 spiro atoms. The quantitative estimate of drug-likeness (QED) is 0.356. The van der Waals surface area contributed by atoms with Crippen LogP contribution in [0.5, 0.6) is 0 Å². The lowest BCUT2D eigenvalue weighted by atomic mass is 10.1. The highest BCUT2D eigenvalue weighted by molar-refractivity contribution is 5.81. The summed E-state index contributed by atoms with van der Waals surface area (Å²) in [5, 5.41) is 13.5. The van der Waals surface area contributed by atoms with E-state index in [1.807, 2.05) is 69.3 Å². The van der Waals surface area contributed by atoms with Crippen molar-refractivity contribution in [3.8, 4) is 5.69 Å². The van der Waals surface area contributed by atoms with E-state index in [9.17, 15) is 14.7 Å². The standard InChI is InChI=1S/C27H28N6O3/c1-4-19(30-23-22(15(3)29-27(28)32-23)17-13-18(17)26(35)36)24-31-20-12-8-9-14(2)21(20)25(34)33(24)16-10-6-5-7-11-16/h5-12,17-19H,4,13H2,1-3H3,(H,35,36)(H3,28,29,30,32). The molecule has 36 heavy (non-hydrogen) atoms. The number of carboxylic acid groups (broad SMARTS) is 1. The number of aliphatic carboxylic acids is 1. The zero-order chi connectivity index (χ0) is 25.6. The van der Waals surface area contributed by atoms with Gasteiger partial charge in [0.2, 0.25) is 5.95 Å². The first kappa shape index (κ1) is 23.5. The van der Waals surface area contributed by atoms with E-state index in [0.717, 1.165) is 11.1 Å². The van der Waals surface area contributed by atoms with Gasteiger partial charge in [0, 0.05) is 17.2 Å². The first-order valence-corrected chi connectivity index (χ1v) is 12.0. The molecule has 0 bridgehead atoms. The molecule has 2 aromatic heterocycles. The maximum atomic E-state index is 13.8. The minimum atomic E-state index is -0.835. The third-order valence-corrected chi connectivity index (χ3v) is 6.81. The lowest BCUT2D eigenvalue weighted by Gasteiger charge is -2.24. The summed E-state index contributed by atoms with van der Waals surface area (Å²) in [5.41, 5.74) is 9.43. The molecule has 0 saturated heterocycles. The highest BCUT2D eigenvalue weighted by atomic mass is 16.4. The van der Waals surface area contributed by atoms with Crippen LogP contribution in [0, 0.1) is 19.8 Å². The van der Waals surface area contributed by atoms with Crippen molar-refractivity contribution in [2.24, 2.45) is 5.92 Å². The summed E-state index contributed by atoms with van der Waals surface area (Å²) in [6.45, 7) is 5.71. The molecule has 1 fully saturated rings. The van der Waals surface area contributed by atoms with Crippen molar-refractivity contribution in [3.63, 3.8) is 0 Å². The number of carboxylic acids is 1. The van der Waals surface area contributed by atoms with Gasteiger partial charge in [-0.1, -0.05) is 37.3 Å². The monoisotopic (exact) mass is 484 g/mol. The van der Waals surface area contributed by atoms with Gasteiger partial charge in [-0.25, -0.2) is 9.97 Å². The number of hydrogen-bond donors (Lipinski definition) is 3. The van der Waals surface area contributed by atoms with Crippen LogP contribution in [0.15, 0.2) is 53.3 Å². The van der Waals surface area contributed by atoms with Crippen LogP contribution in [0.25, 0.3) is 16.6 Å². The summed E-state index contributed by atoms with van der Waals surface area (Å²) in [7, 11) is 0. The molecule has 0 amide bonds. The van der Waals surface area contributed by atoms with Crippen LogP contribution in [-0.4, -0.2) is 30.6 Å². The molecule has 0 aliphatic heterocycles. The molecule has 184 valence electrons. The Bertz CT molecular complexity index is 1530. The van der Waals surface area contributed by atoms with Crippen molar-refractivity contribution in [3.05, 3.63) is 81.5 Å². The van der Waals surface area contributed by atoms with Crippen LogP contribution >= 0.6 is 0 Å². The summed E-state index contributed by atoms with van der Waals surface area (Å²) in [4.78, 5) is 39.1. The van der Waals surface area contributed by atoms with Gasteiger partial charge in [-0.2, -0.15) is 4.98 Å². The molecule has 1 aliphatic rings. The Kier molecular flexibility index (Phi) is 5.91. The van der Waals surface area contributed by atoms with Crippen LogP contribution in [0.4, 0.5) is 11.8 Å². The summed E-state index contributed by atoms with van der Waals surface area (Å²) in [5.74, 6) is -0.369. The van der Waals surface area contributed by atoms with Crippen LogP contribution in [-0.2, 0) is 4.79 Å². The van der Waals surface area contributed by atoms with Crippen LogP contribution in [0.2, 0.25) is 0 Å². The van der Waals surface area contributed by atoms with Gasteiger partial charge >= 0.3 is 5.97 Å². The van der Waals surface area contributed by atoms with Crippen LogP contribution in [0.3, 0.4) is 0 Å². The smallest absolute Gasteiger partial charge is 0.307 e. The van der Waals surface area contributed by atoms with E-state index in [2.05, 4.69) is 15.3 Å². The van der Waals surface area contributed by atoms with Gasteiger partial charge in [0.1, 0.15) is 11.6 Å². The third kappa shape index (κ3) is 4.06. The summed E-state index contributed by atoms with van der Waals surface area (Å²) >= 11 is 0. The minimum absolute atomic E-state index is 0.101. The van der Waals surface area contributed by atoms with Gasteiger partial charge in [-0.15, -0.1) is 0 Å². The second-order valence-corrected chi connectivity index (χ2v) is 9.24. The van der Waals surface area contributed by atoms with Crippen molar-refractivity contribution in [2.75, 3.05) is 11.1 Å². The molecule has 2 heterocycles. The van der Waals surface area contributed by atoms with E-state index < -0.39 is 17.9 Å². The number of nitrogen functional groups attached to an aromatic ring is 1. The number of nitrogens with one attached hydrogen (secondary N) is 1. The zero-order valence-electron chi connectivity index (χ0n) is 20.4. The van der Waals surface area contributed by atoms with Crippen molar-refractivity contribution in [1.29, 1.82) is 0 Å². The molecular weight excluding hydrogens is 456 g/mol. The van der Waals surface area contributed by atoms with Gasteiger partial charge in [-0.3, -0.25) is 14.2 Å². The Morgan fingerprint density at radius 1 is 1.14 bits per heavy atom. The van der Waals surface area contributed by atoms with E-state index in [1.165, 1.54) is 0 Å². The molecule has 0 radical (unpaired) electrons. The number of aryl methyl sites for hydroxylation is 2. The van der Waals surface area contributed by atoms with E-state index in [4.69, 9.17) is 10.7 Å². The number of benzene rings is 2. The van der Waals surface area contributed by atoms with Crippen LogP contribution < -0.4 is 16.6 Å². The number of aromatic nitrogens is 4. The highest BCUT2D eigenvalue weighted by Crippen LogP contribution is 2.51. The predicted molar refractivity (Wildman–Crippen MR) is 138 cm³/mol. The lowest BCUT2D eigenvalue weighted by molar-refractivity contribution is -0.138. The number of rotatable bonds is 7. The Morgan fingerprint density at radius 3 is 2.56 bits per heavy atom. The average Bonchev–Trinajstić information content (AvgIpc) is 3.63. The Hall–Kier alpha value is -4.27. The second kappa shape index (κ2) is 9.07. The topological polar surface area (TPSA) is 136 Å². The van der Waals surface area contributed by atoms with Crippen molar-refractivity contribution < 1.29 is 9.90 Å². The van der Waals surface area contributed by atoms with Gasteiger partial charge in [-0.05, 0) is 50.5 Å². The van der Waals surface area contributed by atoms with Gasteiger partial charge in [0.05, 0.1) is 28.6 Å². The molecule has 1 aliphatic carbocycles. The Labute approximate surface area is 208 Å². The summed E-state index contributed by atoms with van der Waals surface area (Å²) < 4.78 is 1.64. The normalized spacial score (nSPS) is 17.6. The number of nitrogens with zero attached hydrogens (tertiary/aromatic N) is 4. The molecule has 2 aromatic carbocycles. The second-order valence-electron chi connectivity index (χ2n) is 9.24. The number of fused-ring (bicyclic) bond motifs is 1. The van der Waals surface area contributed by atoms with E-state index in [1.54, 1.807) is 4.57 Å². The van der Waals surface area contributed by atoms with E-state index in [-0.39, 0.29) is 17.4 Å². The fourth-order valence-electron chi connectivity index (χ4n) is 4.93. The van der Waals surface area contributed by atoms with Gasteiger partial charge < -0.3 is 16.2 Å². The maximum absolute atomic E-state index is 13.8. The van der Waals surface area contributed by atoms with E-state index in [0.29, 0.717) is 46.8 Å². The Morgan fingerprint density at radius 2 is 1.89 bits per heavy atom. The van der Waals surface area contributed by atoms with Gasteiger partial charge in [0.25, 0.3) is 5.56 Å². The first-order chi connectivity index (χ1) is 17.3. The molecule has 5 rings (SSSR count). The fraction of sp³-hybridized carbons (Fsp3) is 0.296. The summed E-state index contributed by atoms with van der Waals surface area (Å²) in [6.07, 6.45) is 1.11. The fourth-order valence-corrected chi connectivity index (χ4v) is 4.93. The molecule has 4 aromatic rings. The number of para-hydroxylation sites is 1. The number of nitrogens with two attached hydrogens (primary N) is 1. The largest absolute Gasteiger partial charge is 0.481 e. The molecule has 4 N–H and O–H groups in total. The van der Waals surface area contributed by atoms with Crippen molar-refractivity contribution in [1.82, 2.24) is 19.5 Å². The van der Waals surface area contributed by atoms with E-state index >= 15 is 0 Å². The minimum Gasteiger partial charge on any atom is -0.481 e. The first-order valence-electron chi connectivity index (χ1n) is 12.0. The Balaban J connectivity index is 1.68. The average molecular weight is 485 g/mol. The predicted octanol–water partition coefficient (Wildman–Crippen LogP) is 4.13. The van der Waals surface area contributed by atoms with Crippen LogP contribution in [0.1, 0.15) is 54.4 Å². The number of anilines is 2. The number of carbonyl (C=O) groups is 1. The molecule has 9 heteroatoms. The summed E-state index contributed by atoms with van der Waals surface area (Å²) in [6, 6.07) is 14.7. The number of hydrogen-bond acceptors (Lipinski definition) is 7. The molecule has 9 nitrogen and oxygen atoms in total. The third-order valence-electron chi connectivity index (χ3n) is 6.81. The molecular formula is C27H28N6O3. The lowest BCUT2D eigenvalue weighted by Crippen LogP contribution is -2.29. The zero-order valence-corrected chi connectivity index (χ0v) is 20.4. The SMILES string of the molecule is CCC(Nc1nc(N)nc(C)c1C1CC1C(=O)O)c1nc2cccc(C)c2c(=O)n1-c1ccccc1. The molecule has 1 saturated carbocycles. The molecule has 3 atom stereocenters. The van der Waals surface area contributed by atoms with Crippen molar-refractivity contribution in [2.45, 2.75) is 45.6 Å². The molecule has 3 unspecified atom stereocenters. The van der Waals surface area contributed by atoms with Crippen molar-refractivity contribution >= 4 is 28.6 Å². The maximum Gasteiger partial charge on any atom is 0.307 e. The highest BCUT2D eigenvalue weighted by Gasteiger charge is 2.47. The van der Waals surface area contributed by atoms with Gasteiger partial charge in [0.15, 0.2) is 0 Å².